The number of aromatic amines is 1. The van der Waals surface area contributed by atoms with Crippen molar-refractivity contribution >= 4 is 0 Å². The Kier molecular flexibility index (Phi) is 4.77. The number of hydrogen-bond acceptors (Lipinski definition) is 4. The van der Waals surface area contributed by atoms with Crippen molar-refractivity contribution in [3.8, 4) is 11.3 Å². The van der Waals surface area contributed by atoms with Crippen LogP contribution in [0.5, 0.6) is 0 Å². The van der Waals surface area contributed by atoms with Crippen molar-refractivity contribution in [2.45, 2.75) is 25.4 Å². The van der Waals surface area contributed by atoms with Crippen molar-refractivity contribution in [1.29, 1.82) is 0 Å². The molecule has 1 N–H and O–H groups in total. The molecule has 0 aliphatic carbocycles. The van der Waals surface area contributed by atoms with Gasteiger partial charge in [0.25, 0.3) is 5.56 Å². The number of nitrogens with one attached hydrogen (secondary N) is 1. The average molecular weight is 368 g/mol. The molecule has 7 heteroatoms. The van der Waals surface area contributed by atoms with Crippen molar-refractivity contribution < 1.29 is 8.78 Å². The van der Waals surface area contributed by atoms with E-state index in [2.05, 4.69) is 19.9 Å². The predicted molar refractivity (Wildman–Crippen MR) is 96.8 cm³/mol. The Morgan fingerprint density at radius 2 is 1.93 bits per heavy atom. The van der Waals surface area contributed by atoms with Crippen LogP contribution in [0.15, 0.2) is 53.6 Å². The van der Waals surface area contributed by atoms with Gasteiger partial charge in [-0.2, -0.15) is 0 Å². The lowest BCUT2D eigenvalue weighted by Gasteiger charge is -2.24. The van der Waals surface area contributed by atoms with Crippen molar-refractivity contribution in [2.75, 3.05) is 6.54 Å². The second-order valence-corrected chi connectivity index (χ2v) is 6.63. The highest BCUT2D eigenvalue weighted by Crippen LogP contribution is 2.31. The SMILES string of the molecule is O=c1cc(-c2ccncc2)nc([C@H]2CCCN2Cc2ccc(F)c(F)c2)[nH]1. The van der Waals surface area contributed by atoms with Gasteiger partial charge in [0.1, 0.15) is 5.82 Å². The van der Waals surface area contributed by atoms with Crippen LogP contribution in [0.1, 0.15) is 30.3 Å². The number of hydrogen-bond donors (Lipinski definition) is 1. The number of rotatable bonds is 4. The van der Waals surface area contributed by atoms with Gasteiger partial charge in [-0.15, -0.1) is 0 Å². The Labute approximate surface area is 154 Å². The summed E-state index contributed by atoms with van der Waals surface area (Å²) in [4.78, 5) is 25.8. The van der Waals surface area contributed by atoms with Crippen LogP contribution in [0.4, 0.5) is 8.78 Å². The molecule has 1 aliphatic rings. The molecule has 138 valence electrons. The van der Waals surface area contributed by atoms with E-state index in [1.807, 2.05) is 0 Å². The van der Waals surface area contributed by atoms with Crippen LogP contribution in [0.2, 0.25) is 0 Å². The molecule has 1 fully saturated rings. The Morgan fingerprint density at radius 1 is 1.11 bits per heavy atom. The molecule has 0 spiro atoms. The van der Waals surface area contributed by atoms with Crippen molar-refractivity contribution in [3.05, 3.63) is 82.2 Å². The van der Waals surface area contributed by atoms with E-state index >= 15 is 0 Å². The minimum absolute atomic E-state index is 0.0763. The molecule has 3 aromatic rings. The number of H-pyrrole nitrogens is 1. The van der Waals surface area contributed by atoms with Gasteiger partial charge < -0.3 is 4.98 Å². The lowest BCUT2D eigenvalue weighted by atomic mass is 10.1. The Morgan fingerprint density at radius 3 is 2.70 bits per heavy atom. The molecule has 1 aliphatic heterocycles. The molecular weight excluding hydrogens is 350 g/mol. The molecular formula is C20H18F2N4O. The molecule has 4 rings (SSSR count). The standard InChI is InChI=1S/C20H18F2N4O/c21-15-4-3-13(10-16(15)22)12-26-9-1-2-18(26)20-24-17(11-19(27)25-20)14-5-7-23-8-6-14/h3-8,10-11,18H,1-2,9,12H2,(H,24,25,27)/t18-/m1/s1. The summed E-state index contributed by atoms with van der Waals surface area (Å²) in [5.74, 6) is -1.11. The molecule has 2 aromatic heterocycles. The summed E-state index contributed by atoms with van der Waals surface area (Å²) in [6, 6.07) is 8.94. The monoisotopic (exact) mass is 368 g/mol. The number of aromatic nitrogens is 3. The van der Waals surface area contributed by atoms with Crippen LogP contribution >= 0.6 is 0 Å². The van der Waals surface area contributed by atoms with Crippen LogP contribution in [-0.2, 0) is 6.54 Å². The van der Waals surface area contributed by atoms with Crippen molar-refractivity contribution in [3.63, 3.8) is 0 Å². The van der Waals surface area contributed by atoms with Gasteiger partial charge in [-0.25, -0.2) is 13.8 Å². The maximum Gasteiger partial charge on any atom is 0.251 e. The Bertz CT molecular complexity index is 1010. The van der Waals surface area contributed by atoms with Crippen LogP contribution in [0, 0.1) is 11.6 Å². The van der Waals surface area contributed by atoms with Gasteiger partial charge >= 0.3 is 0 Å². The lowest BCUT2D eigenvalue weighted by molar-refractivity contribution is 0.239. The summed E-state index contributed by atoms with van der Waals surface area (Å²) in [6.07, 6.45) is 5.09. The van der Waals surface area contributed by atoms with Crippen molar-refractivity contribution in [1.82, 2.24) is 19.9 Å². The third-order valence-corrected chi connectivity index (χ3v) is 4.79. The highest BCUT2D eigenvalue weighted by Gasteiger charge is 2.28. The number of benzene rings is 1. The highest BCUT2D eigenvalue weighted by molar-refractivity contribution is 5.57. The van der Waals surface area contributed by atoms with Crippen LogP contribution < -0.4 is 5.56 Å². The number of likely N-dealkylation sites (tertiary alicyclic amines) is 1. The van der Waals surface area contributed by atoms with E-state index in [1.54, 1.807) is 30.6 Å². The van der Waals surface area contributed by atoms with Gasteiger partial charge in [0.05, 0.1) is 11.7 Å². The maximum absolute atomic E-state index is 13.5. The van der Waals surface area contributed by atoms with E-state index in [1.165, 1.54) is 12.1 Å². The summed E-state index contributed by atoms with van der Waals surface area (Å²) in [7, 11) is 0. The fourth-order valence-electron chi connectivity index (χ4n) is 3.50. The summed E-state index contributed by atoms with van der Waals surface area (Å²) in [6.45, 7) is 1.26. The maximum atomic E-state index is 13.5. The zero-order valence-electron chi connectivity index (χ0n) is 14.5. The fourth-order valence-corrected chi connectivity index (χ4v) is 3.50. The number of pyridine rings is 1. The first-order valence-corrected chi connectivity index (χ1v) is 8.80. The van der Waals surface area contributed by atoms with Gasteiger partial charge in [0, 0.05) is 30.6 Å². The number of nitrogens with zero attached hydrogens (tertiary/aromatic N) is 3. The predicted octanol–water partition coefficient (Wildman–Crippen LogP) is 3.45. The Hall–Kier alpha value is -2.93. The first-order valence-electron chi connectivity index (χ1n) is 8.80. The number of halogens is 2. The topological polar surface area (TPSA) is 61.9 Å². The van der Waals surface area contributed by atoms with Gasteiger partial charge in [-0.05, 0) is 49.2 Å². The molecule has 0 amide bonds. The first kappa shape index (κ1) is 17.5. The van der Waals surface area contributed by atoms with E-state index in [0.29, 0.717) is 23.6 Å². The minimum atomic E-state index is -0.854. The molecule has 1 saturated heterocycles. The van der Waals surface area contributed by atoms with Gasteiger partial charge in [-0.1, -0.05) is 6.07 Å². The minimum Gasteiger partial charge on any atom is -0.309 e. The van der Waals surface area contributed by atoms with E-state index in [0.717, 1.165) is 31.0 Å². The quantitative estimate of drug-likeness (QED) is 0.766. The van der Waals surface area contributed by atoms with Gasteiger partial charge in [0.15, 0.2) is 11.6 Å². The third-order valence-electron chi connectivity index (χ3n) is 4.79. The zero-order chi connectivity index (χ0) is 18.8. The largest absolute Gasteiger partial charge is 0.309 e. The molecule has 1 aromatic carbocycles. The molecule has 27 heavy (non-hydrogen) atoms. The summed E-state index contributed by atoms with van der Waals surface area (Å²) >= 11 is 0. The lowest BCUT2D eigenvalue weighted by Crippen LogP contribution is -2.26. The molecule has 0 unspecified atom stereocenters. The van der Waals surface area contributed by atoms with Crippen LogP contribution in [0.25, 0.3) is 11.3 Å². The summed E-state index contributed by atoms with van der Waals surface area (Å²) < 4.78 is 26.7. The third kappa shape index (κ3) is 3.78. The molecule has 0 bridgehead atoms. The van der Waals surface area contributed by atoms with Crippen LogP contribution in [-0.4, -0.2) is 26.4 Å². The molecule has 0 saturated carbocycles. The van der Waals surface area contributed by atoms with E-state index < -0.39 is 11.6 Å². The molecule has 5 nitrogen and oxygen atoms in total. The average Bonchev–Trinajstić information content (AvgIpc) is 3.13. The van der Waals surface area contributed by atoms with Gasteiger partial charge in [-0.3, -0.25) is 14.7 Å². The first-order chi connectivity index (χ1) is 13.1. The molecule has 0 radical (unpaired) electrons. The summed E-state index contributed by atoms with van der Waals surface area (Å²) in [5.41, 5.74) is 1.89. The van der Waals surface area contributed by atoms with Crippen LogP contribution in [0.3, 0.4) is 0 Å². The normalized spacial score (nSPS) is 17.3. The van der Waals surface area contributed by atoms with E-state index in [9.17, 15) is 13.6 Å². The second kappa shape index (κ2) is 7.36. The van der Waals surface area contributed by atoms with Crippen molar-refractivity contribution in [2.24, 2.45) is 0 Å². The Balaban J connectivity index is 1.63. The zero-order valence-corrected chi connectivity index (χ0v) is 14.5. The smallest absolute Gasteiger partial charge is 0.251 e. The molecule has 3 heterocycles. The van der Waals surface area contributed by atoms with E-state index in [4.69, 9.17) is 0 Å². The summed E-state index contributed by atoms with van der Waals surface area (Å²) in [5, 5.41) is 0. The fraction of sp³-hybridized carbons (Fsp3) is 0.250. The molecule has 1 atom stereocenters. The second-order valence-electron chi connectivity index (χ2n) is 6.63. The highest BCUT2D eigenvalue weighted by atomic mass is 19.2. The van der Waals surface area contributed by atoms with Gasteiger partial charge in [0.2, 0.25) is 0 Å². The van der Waals surface area contributed by atoms with E-state index in [-0.39, 0.29) is 11.6 Å².